The summed E-state index contributed by atoms with van der Waals surface area (Å²) in [5.41, 5.74) is -0.686. The summed E-state index contributed by atoms with van der Waals surface area (Å²) in [6.45, 7) is 1.37. The molecule has 0 aromatic heterocycles. The fourth-order valence-corrected chi connectivity index (χ4v) is 4.31. The molecular weight excluding hydrogens is 421 g/mol. The highest BCUT2D eigenvalue weighted by Gasteiger charge is 2.34. The molecule has 0 N–H and O–H groups in total. The Morgan fingerprint density at radius 1 is 1.07 bits per heavy atom. The predicted octanol–water partition coefficient (Wildman–Crippen LogP) is 3.00. The number of morpholine rings is 1. The van der Waals surface area contributed by atoms with Crippen LogP contribution in [0.25, 0.3) is 0 Å². The molecule has 1 aliphatic rings. The van der Waals surface area contributed by atoms with Crippen molar-refractivity contribution in [2.75, 3.05) is 33.4 Å². The maximum absolute atomic E-state index is 13.2. The van der Waals surface area contributed by atoms with Gasteiger partial charge in [-0.3, -0.25) is 4.79 Å². The lowest BCUT2D eigenvalue weighted by Crippen LogP contribution is -2.40. The molecule has 0 bridgehead atoms. The minimum atomic E-state index is -4.58. The summed E-state index contributed by atoms with van der Waals surface area (Å²) in [7, 11) is -2.83. The van der Waals surface area contributed by atoms with Crippen molar-refractivity contribution in [3.63, 3.8) is 0 Å². The number of nitrogens with zero attached hydrogens (tertiary/aromatic N) is 2. The Morgan fingerprint density at radius 2 is 1.67 bits per heavy atom. The second kappa shape index (κ2) is 8.75. The molecule has 2 aromatic carbocycles. The van der Waals surface area contributed by atoms with Crippen molar-refractivity contribution in [3.05, 3.63) is 65.2 Å². The fraction of sp³-hybridized carbons (Fsp3) is 0.350. The minimum absolute atomic E-state index is 0.104. The summed E-state index contributed by atoms with van der Waals surface area (Å²) >= 11 is 0. The van der Waals surface area contributed by atoms with Gasteiger partial charge in [-0.05, 0) is 35.9 Å². The molecule has 0 atom stereocenters. The summed E-state index contributed by atoms with van der Waals surface area (Å²) in [4.78, 5) is 14.0. The third-order valence-electron chi connectivity index (χ3n) is 4.82. The van der Waals surface area contributed by atoms with Crippen molar-refractivity contribution in [2.24, 2.45) is 0 Å². The van der Waals surface area contributed by atoms with Crippen molar-refractivity contribution >= 4 is 15.9 Å². The Balaban J connectivity index is 1.78. The highest BCUT2D eigenvalue weighted by Crippen LogP contribution is 2.32. The number of hydrogen-bond acceptors (Lipinski definition) is 4. The van der Waals surface area contributed by atoms with Crippen LogP contribution in [-0.4, -0.2) is 56.9 Å². The van der Waals surface area contributed by atoms with Crippen LogP contribution in [0.4, 0.5) is 13.2 Å². The Hall–Kier alpha value is -2.43. The molecule has 0 saturated carbocycles. The summed E-state index contributed by atoms with van der Waals surface area (Å²) in [5, 5.41) is 0. The second-order valence-electron chi connectivity index (χ2n) is 6.84. The molecule has 0 spiro atoms. The third-order valence-corrected chi connectivity index (χ3v) is 6.64. The molecule has 6 nitrogen and oxygen atoms in total. The molecule has 0 radical (unpaired) electrons. The van der Waals surface area contributed by atoms with Gasteiger partial charge in [0.2, 0.25) is 10.0 Å². The Labute approximate surface area is 172 Å². The molecule has 3 rings (SSSR count). The molecule has 0 unspecified atom stereocenters. The first-order valence-corrected chi connectivity index (χ1v) is 10.6. The normalized spacial score (nSPS) is 15.4. The van der Waals surface area contributed by atoms with Gasteiger partial charge in [-0.25, -0.2) is 8.42 Å². The van der Waals surface area contributed by atoms with E-state index in [1.807, 2.05) is 0 Å². The molecule has 1 amide bonds. The molecule has 0 aliphatic carbocycles. The predicted molar refractivity (Wildman–Crippen MR) is 103 cm³/mol. The van der Waals surface area contributed by atoms with Gasteiger partial charge in [-0.1, -0.05) is 18.2 Å². The van der Waals surface area contributed by atoms with E-state index in [0.717, 1.165) is 10.4 Å². The number of benzene rings is 2. The maximum atomic E-state index is 13.2. The van der Waals surface area contributed by atoms with Gasteiger partial charge in [0, 0.05) is 32.2 Å². The van der Waals surface area contributed by atoms with Gasteiger partial charge in [0.15, 0.2) is 0 Å². The van der Waals surface area contributed by atoms with E-state index in [1.165, 1.54) is 49.5 Å². The number of amides is 1. The van der Waals surface area contributed by atoms with Gasteiger partial charge in [-0.15, -0.1) is 0 Å². The monoisotopic (exact) mass is 442 g/mol. The number of ether oxygens (including phenoxy) is 1. The van der Waals surface area contributed by atoms with Crippen LogP contribution in [0.3, 0.4) is 0 Å². The fourth-order valence-electron chi connectivity index (χ4n) is 3.16. The van der Waals surface area contributed by atoms with E-state index in [2.05, 4.69) is 0 Å². The lowest BCUT2D eigenvalue weighted by atomic mass is 10.1. The van der Waals surface area contributed by atoms with Crippen molar-refractivity contribution in [1.29, 1.82) is 0 Å². The summed E-state index contributed by atoms with van der Waals surface area (Å²) < 4.78 is 71.2. The average molecular weight is 442 g/mol. The van der Waals surface area contributed by atoms with Crippen molar-refractivity contribution in [2.45, 2.75) is 17.6 Å². The maximum Gasteiger partial charge on any atom is 0.416 e. The van der Waals surface area contributed by atoms with Crippen LogP contribution in [0.15, 0.2) is 53.4 Å². The van der Waals surface area contributed by atoms with Crippen molar-refractivity contribution in [3.8, 4) is 0 Å². The molecule has 1 saturated heterocycles. The Kier molecular flexibility index (Phi) is 6.49. The van der Waals surface area contributed by atoms with E-state index >= 15 is 0 Å². The Morgan fingerprint density at radius 3 is 2.27 bits per heavy atom. The standard InChI is InChI=1S/C20H21F3N2O4S/c1-24(14-16-4-2-3-5-18(16)20(21,22)23)30(27,28)17-8-6-15(7-9-17)19(26)25-10-12-29-13-11-25/h2-9H,10-14H2,1H3. The van der Waals surface area contributed by atoms with E-state index in [0.29, 0.717) is 31.9 Å². The first kappa shape index (κ1) is 22.3. The summed E-state index contributed by atoms with van der Waals surface area (Å²) in [5.74, 6) is -0.227. The van der Waals surface area contributed by atoms with Gasteiger partial charge >= 0.3 is 6.18 Å². The van der Waals surface area contributed by atoms with Crippen LogP contribution in [0.2, 0.25) is 0 Å². The van der Waals surface area contributed by atoms with Crippen LogP contribution in [0.1, 0.15) is 21.5 Å². The molecule has 2 aromatic rings. The highest BCUT2D eigenvalue weighted by molar-refractivity contribution is 7.89. The minimum Gasteiger partial charge on any atom is -0.378 e. The van der Waals surface area contributed by atoms with Crippen LogP contribution >= 0.6 is 0 Å². The Bertz CT molecular complexity index is 1000. The summed E-state index contributed by atoms with van der Waals surface area (Å²) in [6, 6.07) is 10.2. The van der Waals surface area contributed by atoms with Crippen LogP contribution in [0, 0.1) is 0 Å². The highest BCUT2D eigenvalue weighted by atomic mass is 32.2. The van der Waals surface area contributed by atoms with E-state index in [1.54, 1.807) is 4.90 Å². The van der Waals surface area contributed by atoms with Crippen LogP contribution < -0.4 is 0 Å². The zero-order chi connectivity index (χ0) is 21.9. The number of halogens is 3. The van der Waals surface area contributed by atoms with E-state index in [-0.39, 0.29) is 16.4 Å². The molecule has 1 fully saturated rings. The number of carbonyl (C=O) groups excluding carboxylic acids is 1. The van der Waals surface area contributed by atoms with Gasteiger partial charge in [0.1, 0.15) is 0 Å². The first-order valence-electron chi connectivity index (χ1n) is 9.19. The second-order valence-corrected chi connectivity index (χ2v) is 8.89. The van der Waals surface area contributed by atoms with Gasteiger partial charge in [0.05, 0.1) is 23.7 Å². The smallest absolute Gasteiger partial charge is 0.378 e. The lowest BCUT2D eigenvalue weighted by molar-refractivity contribution is -0.138. The molecule has 10 heteroatoms. The van der Waals surface area contributed by atoms with Gasteiger partial charge < -0.3 is 9.64 Å². The van der Waals surface area contributed by atoms with Crippen LogP contribution in [-0.2, 0) is 27.5 Å². The van der Waals surface area contributed by atoms with E-state index in [9.17, 15) is 26.4 Å². The number of hydrogen-bond donors (Lipinski definition) is 0. The molecule has 30 heavy (non-hydrogen) atoms. The quantitative estimate of drug-likeness (QED) is 0.714. The van der Waals surface area contributed by atoms with Gasteiger partial charge in [0.25, 0.3) is 5.91 Å². The van der Waals surface area contributed by atoms with Crippen molar-refractivity contribution < 1.29 is 31.1 Å². The van der Waals surface area contributed by atoms with E-state index < -0.39 is 28.3 Å². The molecule has 1 aliphatic heterocycles. The van der Waals surface area contributed by atoms with Crippen LogP contribution in [0.5, 0.6) is 0 Å². The average Bonchev–Trinajstić information content (AvgIpc) is 2.73. The SMILES string of the molecule is CN(Cc1ccccc1C(F)(F)F)S(=O)(=O)c1ccc(C(=O)N2CCOCC2)cc1. The van der Waals surface area contributed by atoms with E-state index in [4.69, 9.17) is 4.74 Å². The lowest BCUT2D eigenvalue weighted by Gasteiger charge is -2.27. The zero-order valence-corrected chi connectivity index (χ0v) is 17.0. The topological polar surface area (TPSA) is 66.9 Å². The first-order chi connectivity index (χ1) is 14.1. The summed E-state index contributed by atoms with van der Waals surface area (Å²) in [6.07, 6.45) is -4.58. The third kappa shape index (κ3) is 4.82. The number of sulfonamides is 1. The molecular formula is C20H21F3N2O4S. The molecule has 162 valence electrons. The van der Waals surface area contributed by atoms with Gasteiger partial charge in [-0.2, -0.15) is 17.5 Å². The zero-order valence-electron chi connectivity index (χ0n) is 16.2. The largest absolute Gasteiger partial charge is 0.416 e. The van der Waals surface area contributed by atoms with Crippen molar-refractivity contribution in [1.82, 2.24) is 9.21 Å². The molecule has 1 heterocycles. The number of carbonyl (C=O) groups is 1. The number of alkyl halides is 3. The number of rotatable bonds is 5.